The van der Waals surface area contributed by atoms with Gasteiger partial charge in [0.25, 0.3) is 15.7 Å². The minimum Gasteiger partial charge on any atom is -0.454 e. The lowest BCUT2D eigenvalue weighted by atomic mass is 10.2. The molecule has 0 saturated heterocycles. The van der Waals surface area contributed by atoms with Crippen LogP contribution in [0.1, 0.15) is 5.56 Å². The van der Waals surface area contributed by atoms with Crippen LogP contribution in [-0.4, -0.2) is 26.3 Å². The van der Waals surface area contributed by atoms with Gasteiger partial charge >= 0.3 is 0 Å². The molecule has 32 heavy (non-hydrogen) atoms. The highest BCUT2D eigenvalue weighted by atomic mass is 35.5. The van der Waals surface area contributed by atoms with Crippen LogP contribution < -0.4 is 19.6 Å². The van der Waals surface area contributed by atoms with Crippen molar-refractivity contribution in [1.29, 1.82) is 0 Å². The van der Waals surface area contributed by atoms with Crippen molar-refractivity contribution in [2.75, 3.05) is 16.9 Å². The highest BCUT2D eigenvalue weighted by Crippen LogP contribution is 2.32. The molecule has 10 nitrogen and oxygen atoms in total. The van der Waals surface area contributed by atoms with Gasteiger partial charge in [0.05, 0.1) is 16.0 Å². The van der Waals surface area contributed by atoms with Gasteiger partial charge in [0.1, 0.15) is 5.69 Å². The van der Waals surface area contributed by atoms with Crippen LogP contribution in [0.2, 0.25) is 5.02 Å². The number of benzene rings is 3. The van der Waals surface area contributed by atoms with Crippen LogP contribution in [0.25, 0.3) is 0 Å². The predicted molar refractivity (Wildman–Crippen MR) is 119 cm³/mol. The molecule has 0 radical (unpaired) electrons. The summed E-state index contributed by atoms with van der Waals surface area (Å²) in [7, 11) is -4.06. The standard InChI is InChI=1S/C20H15ClN4O6S/c21-14-2-4-15(5-3-14)24-32(28,29)16-6-7-17(18(10-16)25(26)27)23-22-11-13-1-8-19-20(9-13)31-12-30-19/h1-11,23-24H,12H2/b22-11+. The van der Waals surface area contributed by atoms with Gasteiger partial charge in [-0.2, -0.15) is 5.10 Å². The first-order valence-corrected chi connectivity index (χ1v) is 10.9. The number of nitrogens with one attached hydrogen (secondary N) is 2. The van der Waals surface area contributed by atoms with E-state index in [4.69, 9.17) is 21.1 Å². The minimum absolute atomic E-state index is 0.0254. The van der Waals surface area contributed by atoms with Crippen LogP contribution in [-0.2, 0) is 10.0 Å². The van der Waals surface area contributed by atoms with Crippen LogP contribution >= 0.6 is 11.6 Å². The van der Waals surface area contributed by atoms with Crippen molar-refractivity contribution < 1.29 is 22.8 Å². The highest BCUT2D eigenvalue weighted by Gasteiger charge is 2.21. The Hall–Kier alpha value is -3.83. The molecule has 3 aromatic rings. The number of fused-ring (bicyclic) bond motifs is 1. The molecular weight excluding hydrogens is 460 g/mol. The normalized spacial score (nSPS) is 12.7. The Morgan fingerprint density at radius 1 is 1.03 bits per heavy atom. The second-order valence-electron chi connectivity index (χ2n) is 6.53. The fourth-order valence-corrected chi connectivity index (χ4v) is 4.03. The van der Waals surface area contributed by atoms with E-state index in [2.05, 4.69) is 15.2 Å². The first-order valence-electron chi connectivity index (χ1n) is 9.07. The van der Waals surface area contributed by atoms with Crippen LogP contribution in [0.15, 0.2) is 70.7 Å². The number of hydrazone groups is 1. The minimum atomic E-state index is -4.06. The van der Waals surface area contributed by atoms with Crippen LogP contribution in [0.4, 0.5) is 17.1 Å². The summed E-state index contributed by atoms with van der Waals surface area (Å²) >= 11 is 5.80. The van der Waals surface area contributed by atoms with E-state index < -0.39 is 20.6 Å². The van der Waals surface area contributed by atoms with Crippen LogP contribution in [0.3, 0.4) is 0 Å². The van der Waals surface area contributed by atoms with Crippen molar-refractivity contribution in [1.82, 2.24) is 0 Å². The molecule has 0 saturated carbocycles. The molecule has 0 aliphatic carbocycles. The van der Waals surface area contributed by atoms with Crippen molar-refractivity contribution in [3.63, 3.8) is 0 Å². The van der Waals surface area contributed by atoms with Gasteiger partial charge in [0.2, 0.25) is 6.79 Å². The second-order valence-corrected chi connectivity index (χ2v) is 8.65. The van der Waals surface area contributed by atoms with Crippen molar-refractivity contribution in [3.05, 3.63) is 81.4 Å². The number of anilines is 2. The number of halogens is 1. The van der Waals surface area contributed by atoms with Gasteiger partial charge in [-0.05, 0) is 60.2 Å². The molecule has 0 bridgehead atoms. The highest BCUT2D eigenvalue weighted by molar-refractivity contribution is 7.92. The molecule has 1 aliphatic rings. The molecule has 4 rings (SSSR count). The summed E-state index contributed by atoms with van der Waals surface area (Å²) in [5, 5.41) is 16.0. The third-order valence-electron chi connectivity index (χ3n) is 4.37. The van der Waals surface area contributed by atoms with Crippen LogP contribution in [0, 0.1) is 10.1 Å². The topological polar surface area (TPSA) is 132 Å². The average molecular weight is 475 g/mol. The molecule has 1 aliphatic heterocycles. The van der Waals surface area contributed by atoms with E-state index in [-0.39, 0.29) is 23.1 Å². The zero-order valence-corrected chi connectivity index (χ0v) is 17.8. The average Bonchev–Trinajstić information content (AvgIpc) is 3.23. The number of hydrogen-bond acceptors (Lipinski definition) is 8. The van der Waals surface area contributed by atoms with E-state index in [0.717, 1.165) is 6.07 Å². The summed E-state index contributed by atoms with van der Waals surface area (Å²) in [5.74, 6) is 1.19. The molecule has 0 amide bonds. The monoisotopic (exact) mass is 474 g/mol. The van der Waals surface area contributed by atoms with Crippen molar-refractivity contribution in [3.8, 4) is 11.5 Å². The summed E-state index contributed by atoms with van der Waals surface area (Å²) < 4.78 is 38.1. The quantitative estimate of drug-likeness (QED) is 0.297. The summed E-state index contributed by atoms with van der Waals surface area (Å²) in [6.07, 6.45) is 1.44. The number of hydrogen-bond donors (Lipinski definition) is 2. The molecule has 0 fully saturated rings. The lowest BCUT2D eigenvalue weighted by Gasteiger charge is -2.09. The maximum atomic E-state index is 12.6. The molecule has 0 spiro atoms. The summed E-state index contributed by atoms with van der Waals surface area (Å²) in [6.45, 7) is 0.141. The van der Waals surface area contributed by atoms with E-state index >= 15 is 0 Å². The Morgan fingerprint density at radius 3 is 2.53 bits per heavy atom. The Morgan fingerprint density at radius 2 is 1.78 bits per heavy atom. The fourth-order valence-electron chi connectivity index (χ4n) is 2.83. The molecule has 12 heteroatoms. The number of nitro groups is 1. The van der Waals surface area contributed by atoms with Gasteiger partial charge < -0.3 is 9.47 Å². The first-order chi connectivity index (χ1) is 15.3. The number of rotatable bonds is 7. The summed E-state index contributed by atoms with van der Waals surface area (Å²) in [6, 6.07) is 14.6. The van der Waals surface area contributed by atoms with Gasteiger partial charge in [0.15, 0.2) is 11.5 Å². The number of ether oxygens (including phenoxy) is 2. The Kier molecular flexibility index (Phi) is 5.84. The van der Waals surface area contributed by atoms with E-state index in [1.165, 1.54) is 42.6 Å². The summed E-state index contributed by atoms with van der Waals surface area (Å²) in [4.78, 5) is 10.5. The van der Waals surface area contributed by atoms with Gasteiger partial charge in [-0.25, -0.2) is 8.42 Å². The molecule has 2 N–H and O–H groups in total. The summed E-state index contributed by atoms with van der Waals surface area (Å²) in [5.41, 5.74) is 3.09. The van der Waals surface area contributed by atoms with E-state index in [1.807, 2.05) is 0 Å². The Labute approximate surface area is 187 Å². The third-order valence-corrected chi connectivity index (χ3v) is 6.00. The fraction of sp³-hybridized carbons (Fsp3) is 0.0500. The Balaban J connectivity index is 1.53. The van der Waals surface area contributed by atoms with E-state index in [0.29, 0.717) is 22.1 Å². The predicted octanol–water partition coefficient (Wildman–Crippen LogP) is 4.22. The molecule has 0 unspecified atom stereocenters. The SMILES string of the molecule is O=[N+]([O-])c1cc(S(=O)(=O)Nc2ccc(Cl)cc2)ccc1N/N=C/c1ccc2c(c1)OCO2. The van der Waals surface area contributed by atoms with Crippen molar-refractivity contribution in [2.45, 2.75) is 4.90 Å². The van der Waals surface area contributed by atoms with Crippen molar-refractivity contribution >= 4 is 44.9 Å². The second kappa shape index (κ2) is 8.73. The first kappa shape index (κ1) is 21.4. The maximum absolute atomic E-state index is 12.6. The van der Waals surface area contributed by atoms with E-state index in [1.54, 1.807) is 18.2 Å². The largest absolute Gasteiger partial charge is 0.454 e. The third kappa shape index (κ3) is 4.74. The van der Waals surface area contributed by atoms with Crippen molar-refractivity contribution in [2.24, 2.45) is 5.10 Å². The van der Waals surface area contributed by atoms with Gasteiger partial charge in [0, 0.05) is 16.8 Å². The zero-order valence-electron chi connectivity index (χ0n) is 16.2. The molecule has 0 aromatic heterocycles. The van der Waals surface area contributed by atoms with Gasteiger partial charge in [-0.1, -0.05) is 11.6 Å². The van der Waals surface area contributed by atoms with E-state index in [9.17, 15) is 18.5 Å². The van der Waals surface area contributed by atoms with Gasteiger partial charge in [-0.15, -0.1) is 0 Å². The van der Waals surface area contributed by atoms with Gasteiger partial charge in [-0.3, -0.25) is 20.3 Å². The smallest absolute Gasteiger partial charge is 0.295 e. The molecule has 3 aromatic carbocycles. The molecule has 1 heterocycles. The maximum Gasteiger partial charge on any atom is 0.295 e. The lowest BCUT2D eigenvalue weighted by molar-refractivity contribution is -0.384. The molecule has 0 atom stereocenters. The lowest BCUT2D eigenvalue weighted by Crippen LogP contribution is -2.13. The number of nitrogens with zero attached hydrogens (tertiary/aromatic N) is 2. The number of sulfonamides is 1. The Bertz CT molecular complexity index is 1310. The molecular formula is C20H15ClN4O6S. The number of nitro benzene ring substituents is 1. The molecule has 164 valence electrons. The van der Waals surface area contributed by atoms with Crippen LogP contribution in [0.5, 0.6) is 11.5 Å². The zero-order chi connectivity index (χ0) is 22.7.